The van der Waals surface area contributed by atoms with Gasteiger partial charge < -0.3 is 4.90 Å². The summed E-state index contributed by atoms with van der Waals surface area (Å²) in [7, 11) is 0. The number of hydrogen-bond acceptors (Lipinski definition) is 2. The van der Waals surface area contributed by atoms with Gasteiger partial charge in [-0.25, -0.2) is 0 Å². The number of aromatic nitrogens is 2. The molecule has 2 rings (SSSR count). The molecule has 0 fully saturated rings. The molecular formula is C11H15N3O. The van der Waals surface area contributed by atoms with Gasteiger partial charge in [0.2, 0.25) is 5.91 Å². The molecule has 80 valence electrons. The van der Waals surface area contributed by atoms with Gasteiger partial charge >= 0.3 is 0 Å². The summed E-state index contributed by atoms with van der Waals surface area (Å²) >= 11 is 0. The average molecular weight is 205 g/mol. The van der Waals surface area contributed by atoms with Crippen LogP contribution >= 0.6 is 0 Å². The summed E-state index contributed by atoms with van der Waals surface area (Å²) in [6.07, 6.45) is 5.14. The Morgan fingerprint density at radius 2 is 2.53 bits per heavy atom. The second-order valence-electron chi connectivity index (χ2n) is 3.59. The van der Waals surface area contributed by atoms with Crippen molar-refractivity contribution in [2.75, 3.05) is 11.4 Å². The Morgan fingerprint density at radius 1 is 1.73 bits per heavy atom. The number of fused-ring (bicyclic) bond motifs is 1. The number of carbonyl (C=O) groups excluding carboxylic acids is 1. The van der Waals surface area contributed by atoms with Crippen LogP contribution in [0.3, 0.4) is 0 Å². The number of rotatable bonds is 2. The normalized spacial score (nSPS) is 14.9. The average Bonchev–Trinajstić information content (AvgIpc) is 2.70. The molecule has 4 heteroatoms. The van der Waals surface area contributed by atoms with Crippen LogP contribution in [0.4, 0.5) is 5.69 Å². The maximum absolute atomic E-state index is 11.6. The van der Waals surface area contributed by atoms with Crippen molar-refractivity contribution in [1.29, 1.82) is 0 Å². The largest absolute Gasteiger partial charge is 0.306 e. The topological polar surface area (TPSA) is 38.1 Å². The van der Waals surface area contributed by atoms with E-state index in [0.29, 0.717) is 0 Å². The molecule has 1 aromatic rings. The van der Waals surface area contributed by atoms with Crippen LogP contribution < -0.4 is 4.90 Å². The molecule has 1 amide bonds. The van der Waals surface area contributed by atoms with Crippen molar-refractivity contribution in [3.8, 4) is 0 Å². The summed E-state index contributed by atoms with van der Waals surface area (Å²) in [5, 5.41) is 4.27. The number of anilines is 1. The summed E-state index contributed by atoms with van der Waals surface area (Å²) in [5.74, 6) is -0.0356. The summed E-state index contributed by atoms with van der Waals surface area (Å²) in [6, 6.07) is 0. The van der Waals surface area contributed by atoms with Gasteiger partial charge in [-0.1, -0.05) is 6.58 Å². The van der Waals surface area contributed by atoms with Crippen molar-refractivity contribution in [2.45, 2.75) is 26.3 Å². The fourth-order valence-corrected chi connectivity index (χ4v) is 2.02. The van der Waals surface area contributed by atoms with Crippen LogP contribution in [0.2, 0.25) is 0 Å². The van der Waals surface area contributed by atoms with Crippen molar-refractivity contribution >= 4 is 11.6 Å². The van der Waals surface area contributed by atoms with Gasteiger partial charge in [-0.2, -0.15) is 5.10 Å². The van der Waals surface area contributed by atoms with Crippen molar-refractivity contribution in [1.82, 2.24) is 9.78 Å². The minimum atomic E-state index is -0.0356. The van der Waals surface area contributed by atoms with Gasteiger partial charge in [-0.05, 0) is 25.8 Å². The molecule has 0 saturated heterocycles. The van der Waals surface area contributed by atoms with E-state index in [2.05, 4.69) is 18.6 Å². The molecule has 0 atom stereocenters. The molecule has 0 bridgehead atoms. The number of nitrogens with zero attached hydrogens (tertiary/aromatic N) is 3. The quantitative estimate of drug-likeness (QED) is 0.684. The van der Waals surface area contributed by atoms with E-state index >= 15 is 0 Å². The number of hydrogen-bond donors (Lipinski definition) is 0. The second kappa shape index (κ2) is 3.88. The molecule has 4 nitrogen and oxygen atoms in total. The van der Waals surface area contributed by atoms with Gasteiger partial charge in [-0.3, -0.25) is 9.48 Å². The lowest BCUT2D eigenvalue weighted by molar-refractivity contribution is -0.114. The van der Waals surface area contributed by atoms with E-state index in [4.69, 9.17) is 0 Å². The summed E-state index contributed by atoms with van der Waals surface area (Å²) in [5.41, 5.74) is 2.12. The Balaban J connectivity index is 2.39. The minimum Gasteiger partial charge on any atom is -0.306 e. The van der Waals surface area contributed by atoms with E-state index in [1.54, 1.807) is 11.1 Å². The van der Waals surface area contributed by atoms with E-state index in [1.807, 2.05) is 4.68 Å². The van der Waals surface area contributed by atoms with Crippen LogP contribution in [0.5, 0.6) is 0 Å². The summed E-state index contributed by atoms with van der Waals surface area (Å²) in [4.78, 5) is 13.4. The molecule has 0 N–H and O–H groups in total. The monoisotopic (exact) mass is 205 g/mol. The highest BCUT2D eigenvalue weighted by Gasteiger charge is 2.23. The third-order valence-electron chi connectivity index (χ3n) is 2.75. The first kappa shape index (κ1) is 9.96. The van der Waals surface area contributed by atoms with E-state index in [9.17, 15) is 4.79 Å². The highest BCUT2D eigenvalue weighted by Crippen LogP contribution is 2.26. The first-order valence-electron chi connectivity index (χ1n) is 5.26. The number of aryl methyl sites for hydroxylation is 1. The highest BCUT2D eigenvalue weighted by molar-refractivity contribution is 6.01. The van der Waals surface area contributed by atoms with Crippen LogP contribution in [0.1, 0.15) is 19.0 Å². The molecule has 1 aromatic heterocycles. The third kappa shape index (κ3) is 1.56. The predicted octanol–water partition coefficient (Wildman–Crippen LogP) is 1.37. The van der Waals surface area contributed by atoms with E-state index in [0.717, 1.165) is 31.6 Å². The molecule has 2 heterocycles. The molecule has 1 aliphatic rings. The van der Waals surface area contributed by atoms with E-state index < -0.39 is 0 Å². The van der Waals surface area contributed by atoms with Crippen molar-refractivity contribution in [3.05, 3.63) is 24.5 Å². The lowest BCUT2D eigenvalue weighted by Crippen LogP contribution is -2.34. The van der Waals surface area contributed by atoms with Crippen LogP contribution in [0, 0.1) is 0 Å². The summed E-state index contributed by atoms with van der Waals surface area (Å²) in [6.45, 7) is 7.20. The van der Waals surface area contributed by atoms with Crippen LogP contribution in [0.15, 0.2) is 18.9 Å². The maximum atomic E-state index is 11.6. The molecule has 0 aromatic carbocycles. The molecule has 0 unspecified atom stereocenters. The first-order valence-corrected chi connectivity index (χ1v) is 5.26. The maximum Gasteiger partial charge on any atom is 0.250 e. The van der Waals surface area contributed by atoms with E-state index in [-0.39, 0.29) is 5.91 Å². The third-order valence-corrected chi connectivity index (χ3v) is 2.75. The lowest BCUT2D eigenvalue weighted by atomic mass is 10.1. The minimum absolute atomic E-state index is 0.0356. The highest BCUT2D eigenvalue weighted by atomic mass is 16.2. The van der Waals surface area contributed by atoms with Gasteiger partial charge in [0, 0.05) is 13.1 Å². The molecule has 1 aliphatic heterocycles. The molecule has 15 heavy (non-hydrogen) atoms. The van der Waals surface area contributed by atoms with Crippen LogP contribution in [0.25, 0.3) is 0 Å². The second-order valence-corrected chi connectivity index (χ2v) is 3.59. The Hall–Kier alpha value is -1.58. The number of carbonyl (C=O) groups is 1. The molecule has 0 aliphatic carbocycles. The van der Waals surface area contributed by atoms with Crippen LogP contribution in [-0.2, 0) is 17.8 Å². The zero-order valence-corrected chi connectivity index (χ0v) is 8.94. The number of amides is 1. The smallest absolute Gasteiger partial charge is 0.250 e. The lowest BCUT2D eigenvalue weighted by Gasteiger charge is -2.26. The van der Waals surface area contributed by atoms with Gasteiger partial charge in [0.15, 0.2) is 0 Å². The zero-order chi connectivity index (χ0) is 10.8. The van der Waals surface area contributed by atoms with E-state index in [1.165, 1.54) is 11.8 Å². The van der Waals surface area contributed by atoms with Gasteiger partial charge in [0.25, 0.3) is 0 Å². The standard InChI is InChI=1S/C11H15N3O/c1-3-11(15)13-7-5-6-9-10(13)8-12-14(9)4-2/h3,8H,1,4-7H2,2H3. The SMILES string of the molecule is C=CC(=O)N1CCCc2c1cnn2CC. The van der Waals surface area contributed by atoms with Crippen molar-refractivity contribution < 1.29 is 4.79 Å². The summed E-state index contributed by atoms with van der Waals surface area (Å²) < 4.78 is 1.96. The Bertz CT molecular complexity index is 395. The molecule has 0 saturated carbocycles. The van der Waals surface area contributed by atoms with Gasteiger partial charge in [-0.15, -0.1) is 0 Å². The molecule has 0 radical (unpaired) electrons. The Morgan fingerprint density at radius 3 is 3.20 bits per heavy atom. The molecular weight excluding hydrogens is 190 g/mol. The fourth-order valence-electron chi connectivity index (χ4n) is 2.02. The van der Waals surface area contributed by atoms with Crippen molar-refractivity contribution in [3.63, 3.8) is 0 Å². The fraction of sp³-hybridized carbons (Fsp3) is 0.455. The van der Waals surface area contributed by atoms with Gasteiger partial charge in [0.1, 0.15) is 0 Å². The Labute approximate surface area is 89.2 Å². The first-order chi connectivity index (χ1) is 7.27. The molecule has 0 spiro atoms. The van der Waals surface area contributed by atoms with Crippen molar-refractivity contribution in [2.24, 2.45) is 0 Å². The van der Waals surface area contributed by atoms with Crippen LogP contribution in [-0.4, -0.2) is 22.2 Å². The van der Waals surface area contributed by atoms with Gasteiger partial charge in [0.05, 0.1) is 17.6 Å². The zero-order valence-electron chi connectivity index (χ0n) is 8.94. The predicted molar refractivity (Wildman–Crippen MR) is 58.8 cm³/mol. The Kier molecular flexibility index (Phi) is 2.58.